The molecule has 0 amide bonds. The van der Waals surface area contributed by atoms with Gasteiger partial charge < -0.3 is 5.32 Å². The van der Waals surface area contributed by atoms with Crippen molar-refractivity contribution in [2.24, 2.45) is 5.92 Å². The van der Waals surface area contributed by atoms with Crippen molar-refractivity contribution in [3.63, 3.8) is 0 Å². The van der Waals surface area contributed by atoms with Crippen LogP contribution < -0.4 is 5.32 Å². The average molecular weight is 171 g/mol. The van der Waals surface area contributed by atoms with Crippen LogP contribution in [0, 0.1) is 5.92 Å². The van der Waals surface area contributed by atoms with Crippen LogP contribution in [-0.2, 0) is 0 Å². The van der Waals surface area contributed by atoms with Gasteiger partial charge in [0.2, 0.25) is 0 Å². The van der Waals surface area contributed by atoms with Gasteiger partial charge in [-0.1, -0.05) is 33.6 Å². The van der Waals surface area contributed by atoms with Crippen LogP contribution in [0.4, 0.5) is 0 Å². The summed E-state index contributed by atoms with van der Waals surface area (Å²) in [6.07, 6.45) is 6.67. The number of hydrogen-bond acceptors (Lipinski definition) is 1. The number of hydrogen-bond donors (Lipinski definition) is 1. The maximum absolute atomic E-state index is 3.38. The van der Waals surface area contributed by atoms with Crippen molar-refractivity contribution in [2.75, 3.05) is 7.05 Å². The largest absolute Gasteiger partial charge is 0.317 e. The van der Waals surface area contributed by atoms with E-state index >= 15 is 0 Å². The van der Waals surface area contributed by atoms with E-state index < -0.39 is 0 Å². The van der Waals surface area contributed by atoms with E-state index in [1.807, 2.05) is 0 Å². The molecule has 0 aliphatic rings. The molecule has 0 spiro atoms. The minimum absolute atomic E-state index is 0.754. The molecule has 0 aliphatic heterocycles. The van der Waals surface area contributed by atoms with Crippen molar-refractivity contribution in [1.82, 2.24) is 5.32 Å². The summed E-state index contributed by atoms with van der Waals surface area (Å²) in [4.78, 5) is 0. The summed E-state index contributed by atoms with van der Waals surface area (Å²) in [7, 11) is 2.08. The van der Waals surface area contributed by atoms with Crippen LogP contribution in [0.3, 0.4) is 0 Å². The van der Waals surface area contributed by atoms with Gasteiger partial charge in [0.05, 0.1) is 0 Å². The van der Waals surface area contributed by atoms with Gasteiger partial charge in [0.25, 0.3) is 0 Å². The predicted octanol–water partition coefficient (Wildman–Crippen LogP) is 3.20. The van der Waals surface area contributed by atoms with E-state index in [0.29, 0.717) is 0 Å². The zero-order chi connectivity index (χ0) is 9.40. The number of nitrogens with one attached hydrogen (secondary N) is 1. The summed E-state index contributed by atoms with van der Waals surface area (Å²) >= 11 is 0. The normalized spacial score (nSPS) is 16.0. The minimum atomic E-state index is 0.754. The second-order valence-corrected chi connectivity index (χ2v) is 3.87. The first-order chi connectivity index (χ1) is 5.74. The summed E-state index contributed by atoms with van der Waals surface area (Å²) < 4.78 is 0. The molecule has 0 aromatic rings. The highest BCUT2D eigenvalue weighted by Crippen LogP contribution is 2.13. The van der Waals surface area contributed by atoms with Crippen molar-refractivity contribution in [3.8, 4) is 0 Å². The number of rotatable bonds is 7. The van der Waals surface area contributed by atoms with Gasteiger partial charge in [0.15, 0.2) is 0 Å². The van der Waals surface area contributed by atoms with Gasteiger partial charge in [0, 0.05) is 6.04 Å². The van der Waals surface area contributed by atoms with Gasteiger partial charge in [-0.3, -0.25) is 0 Å². The molecule has 0 heterocycles. The Labute approximate surface area is 77.9 Å². The summed E-state index contributed by atoms with van der Waals surface area (Å²) in [6.45, 7) is 6.88. The fraction of sp³-hybridized carbons (Fsp3) is 1.00. The van der Waals surface area contributed by atoms with E-state index in [2.05, 4.69) is 33.1 Å². The SMILES string of the molecule is CCCC(CCC(C)CC)NC. The molecule has 2 unspecified atom stereocenters. The smallest absolute Gasteiger partial charge is 0.00640 e. The van der Waals surface area contributed by atoms with Gasteiger partial charge in [-0.15, -0.1) is 0 Å². The highest BCUT2D eigenvalue weighted by atomic mass is 14.9. The molecule has 1 nitrogen and oxygen atoms in total. The zero-order valence-corrected chi connectivity index (χ0v) is 9.19. The molecule has 0 saturated carbocycles. The lowest BCUT2D eigenvalue weighted by Crippen LogP contribution is -2.25. The first-order valence-corrected chi connectivity index (χ1v) is 5.41. The highest BCUT2D eigenvalue weighted by molar-refractivity contribution is 4.65. The first-order valence-electron chi connectivity index (χ1n) is 5.41. The Kier molecular flexibility index (Phi) is 7.58. The Bertz CT molecular complexity index is 91.0. The topological polar surface area (TPSA) is 12.0 Å². The first kappa shape index (κ1) is 12.0. The van der Waals surface area contributed by atoms with Crippen LogP contribution >= 0.6 is 0 Å². The molecule has 0 aromatic heterocycles. The molecular formula is C11H25N. The Morgan fingerprint density at radius 3 is 2.17 bits per heavy atom. The molecule has 2 atom stereocenters. The third-order valence-electron chi connectivity index (χ3n) is 2.75. The van der Waals surface area contributed by atoms with Crippen LogP contribution in [0.15, 0.2) is 0 Å². The molecule has 0 fully saturated rings. The second-order valence-electron chi connectivity index (χ2n) is 3.87. The fourth-order valence-corrected chi connectivity index (χ4v) is 1.47. The van der Waals surface area contributed by atoms with Crippen molar-refractivity contribution in [1.29, 1.82) is 0 Å². The third-order valence-corrected chi connectivity index (χ3v) is 2.75. The van der Waals surface area contributed by atoms with Crippen molar-refractivity contribution >= 4 is 0 Å². The fourth-order valence-electron chi connectivity index (χ4n) is 1.47. The van der Waals surface area contributed by atoms with Gasteiger partial charge in [-0.2, -0.15) is 0 Å². The molecular weight excluding hydrogens is 146 g/mol. The summed E-state index contributed by atoms with van der Waals surface area (Å²) in [5, 5.41) is 3.38. The Hall–Kier alpha value is -0.0400. The van der Waals surface area contributed by atoms with E-state index in [0.717, 1.165) is 12.0 Å². The standard InChI is InChI=1S/C11H25N/c1-5-7-11(12-4)9-8-10(3)6-2/h10-12H,5-9H2,1-4H3. The van der Waals surface area contributed by atoms with E-state index in [1.165, 1.54) is 32.1 Å². The van der Waals surface area contributed by atoms with Crippen LogP contribution in [0.1, 0.15) is 52.9 Å². The van der Waals surface area contributed by atoms with Crippen molar-refractivity contribution in [3.05, 3.63) is 0 Å². The summed E-state index contributed by atoms with van der Waals surface area (Å²) in [6, 6.07) is 0.754. The Balaban J connectivity index is 3.43. The summed E-state index contributed by atoms with van der Waals surface area (Å²) in [5.41, 5.74) is 0. The van der Waals surface area contributed by atoms with Crippen molar-refractivity contribution in [2.45, 2.75) is 58.9 Å². The summed E-state index contributed by atoms with van der Waals surface area (Å²) in [5.74, 6) is 0.901. The molecule has 1 heteroatoms. The van der Waals surface area contributed by atoms with E-state index in [-0.39, 0.29) is 0 Å². The lowest BCUT2D eigenvalue weighted by Gasteiger charge is -2.17. The Morgan fingerprint density at radius 1 is 1.08 bits per heavy atom. The molecule has 0 aliphatic carbocycles. The lowest BCUT2D eigenvalue weighted by atomic mass is 9.97. The van der Waals surface area contributed by atoms with E-state index in [4.69, 9.17) is 0 Å². The predicted molar refractivity (Wildman–Crippen MR) is 56.4 cm³/mol. The van der Waals surface area contributed by atoms with E-state index in [9.17, 15) is 0 Å². The van der Waals surface area contributed by atoms with Gasteiger partial charge in [0.1, 0.15) is 0 Å². The lowest BCUT2D eigenvalue weighted by molar-refractivity contribution is 0.409. The zero-order valence-electron chi connectivity index (χ0n) is 9.19. The second kappa shape index (κ2) is 7.60. The van der Waals surface area contributed by atoms with Crippen molar-refractivity contribution < 1.29 is 0 Å². The molecule has 0 bridgehead atoms. The van der Waals surface area contributed by atoms with Crippen LogP contribution in [0.2, 0.25) is 0 Å². The molecule has 0 rings (SSSR count). The molecule has 74 valence electrons. The maximum atomic E-state index is 3.38. The van der Waals surface area contributed by atoms with E-state index in [1.54, 1.807) is 0 Å². The minimum Gasteiger partial charge on any atom is -0.317 e. The maximum Gasteiger partial charge on any atom is 0.00640 e. The highest BCUT2D eigenvalue weighted by Gasteiger charge is 2.06. The quantitative estimate of drug-likeness (QED) is 0.620. The molecule has 0 aromatic carbocycles. The van der Waals surface area contributed by atoms with Crippen LogP contribution in [-0.4, -0.2) is 13.1 Å². The molecule has 1 N–H and O–H groups in total. The molecule has 0 radical (unpaired) electrons. The molecule has 0 saturated heterocycles. The monoisotopic (exact) mass is 171 g/mol. The van der Waals surface area contributed by atoms with Gasteiger partial charge in [-0.25, -0.2) is 0 Å². The van der Waals surface area contributed by atoms with Gasteiger partial charge >= 0.3 is 0 Å². The molecule has 12 heavy (non-hydrogen) atoms. The van der Waals surface area contributed by atoms with Crippen LogP contribution in [0.25, 0.3) is 0 Å². The third kappa shape index (κ3) is 5.59. The van der Waals surface area contributed by atoms with Gasteiger partial charge in [-0.05, 0) is 32.2 Å². The van der Waals surface area contributed by atoms with Crippen LogP contribution in [0.5, 0.6) is 0 Å². The average Bonchev–Trinajstić information content (AvgIpc) is 2.11. The Morgan fingerprint density at radius 2 is 1.75 bits per heavy atom.